The molecule has 0 aliphatic carbocycles. The predicted molar refractivity (Wildman–Crippen MR) is 39.5 cm³/mol. The van der Waals surface area contributed by atoms with E-state index in [4.69, 9.17) is 10.8 Å². The first-order chi connectivity index (χ1) is 5.11. The predicted octanol–water partition coefficient (Wildman–Crippen LogP) is -1.28. The lowest BCUT2D eigenvalue weighted by atomic mass is 10.2. The number of rotatable bonds is 4. The second-order valence-electron chi connectivity index (χ2n) is 2.17. The highest BCUT2D eigenvalue weighted by atomic mass is 16.7. The summed E-state index contributed by atoms with van der Waals surface area (Å²) in [5.41, 5.74) is 5.10. The van der Waals surface area contributed by atoms with Crippen molar-refractivity contribution in [2.45, 2.75) is 12.5 Å². The van der Waals surface area contributed by atoms with Gasteiger partial charge in [-0.1, -0.05) is 0 Å². The maximum atomic E-state index is 10.9. The Balaban J connectivity index is 3.68. The molecule has 0 saturated heterocycles. The minimum atomic E-state index is -0.778. The number of hydrogen-bond donors (Lipinski definition) is 2. The molecule has 0 radical (unpaired) electrons. The van der Waals surface area contributed by atoms with Crippen LogP contribution < -0.4 is 5.73 Å². The van der Waals surface area contributed by atoms with E-state index in [-0.39, 0.29) is 18.9 Å². The van der Waals surface area contributed by atoms with Gasteiger partial charge in [0, 0.05) is 13.6 Å². The highest BCUT2D eigenvalue weighted by Crippen LogP contribution is 1.94. The summed E-state index contributed by atoms with van der Waals surface area (Å²) in [7, 11) is 2.86. The molecule has 0 aromatic rings. The van der Waals surface area contributed by atoms with Gasteiger partial charge in [0.2, 0.25) is 5.91 Å². The average molecular weight is 162 g/mol. The van der Waals surface area contributed by atoms with E-state index < -0.39 is 6.10 Å². The minimum absolute atomic E-state index is 0.000833. The summed E-state index contributed by atoms with van der Waals surface area (Å²) in [5, 5.41) is 10.00. The van der Waals surface area contributed by atoms with Crippen LogP contribution in [0.3, 0.4) is 0 Å². The number of aliphatic hydroxyl groups is 1. The first-order valence-corrected chi connectivity index (χ1v) is 3.30. The molecule has 5 heteroatoms. The normalized spacial score (nSPS) is 12.7. The number of carbonyl (C=O) groups is 1. The molecule has 3 N–H and O–H groups in total. The number of hydroxylamine groups is 2. The molecule has 0 saturated carbocycles. The van der Waals surface area contributed by atoms with Gasteiger partial charge in [-0.3, -0.25) is 9.63 Å². The number of hydrogen-bond acceptors (Lipinski definition) is 4. The van der Waals surface area contributed by atoms with Crippen LogP contribution in [0.4, 0.5) is 0 Å². The molecule has 0 spiro atoms. The van der Waals surface area contributed by atoms with E-state index >= 15 is 0 Å². The van der Waals surface area contributed by atoms with Crippen molar-refractivity contribution in [1.29, 1.82) is 0 Å². The van der Waals surface area contributed by atoms with E-state index in [0.29, 0.717) is 0 Å². The number of aliphatic hydroxyl groups excluding tert-OH is 1. The minimum Gasteiger partial charge on any atom is -0.391 e. The second-order valence-corrected chi connectivity index (χ2v) is 2.17. The molecule has 1 unspecified atom stereocenters. The van der Waals surface area contributed by atoms with Crippen molar-refractivity contribution in [2.24, 2.45) is 5.73 Å². The standard InChI is InChI=1S/C6H14N2O3/c1-8(11-2)6(10)3-5(9)4-7/h5,9H,3-4,7H2,1-2H3. The first kappa shape index (κ1) is 10.3. The summed E-state index contributed by atoms with van der Waals surface area (Å²) in [6, 6.07) is 0. The van der Waals surface area contributed by atoms with E-state index in [0.717, 1.165) is 5.06 Å². The van der Waals surface area contributed by atoms with Gasteiger partial charge in [-0.2, -0.15) is 0 Å². The van der Waals surface area contributed by atoms with E-state index in [1.54, 1.807) is 0 Å². The van der Waals surface area contributed by atoms with Crippen molar-refractivity contribution in [1.82, 2.24) is 5.06 Å². The fourth-order valence-electron chi connectivity index (χ4n) is 0.515. The van der Waals surface area contributed by atoms with Crippen LogP contribution in [0.15, 0.2) is 0 Å². The fraction of sp³-hybridized carbons (Fsp3) is 0.833. The molecule has 0 bridgehead atoms. The third kappa shape index (κ3) is 3.92. The molecule has 0 heterocycles. The molecule has 0 aromatic carbocycles. The quantitative estimate of drug-likeness (QED) is 0.505. The Morgan fingerprint density at radius 1 is 1.82 bits per heavy atom. The fourth-order valence-corrected chi connectivity index (χ4v) is 0.515. The number of nitrogens with zero attached hydrogens (tertiary/aromatic N) is 1. The van der Waals surface area contributed by atoms with Crippen molar-refractivity contribution in [3.05, 3.63) is 0 Å². The zero-order chi connectivity index (χ0) is 8.85. The Morgan fingerprint density at radius 2 is 2.36 bits per heavy atom. The average Bonchev–Trinajstić information content (AvgIpc) is 2.02. The van der Waals surface area contributed by atoms with E-state index in [1.807, 2.05) is 0 Å². The molecule has 11 heavy (non-hydrogen) atoms. The van der Waals surface area contributed by atoms with Crippen LogP contribution in [0.5, 0.6) is 0 Å². The third-order valence-corrected chi connectivity index (χ3v) is 1.31. The van der Waals surface area contributed by atoms with Crippen LogP contribution in [-0.4, -0.2) is 42.9 Å². The van der Waals surface area contributed by atoms with Gasteiger partial charge in [-0.15, -0.1) is 0 Å². The van der Waals surface area contributed by atoms with Gasteiger partial charge in [0.05, 0.1) is 19.6 Å². The molecule has 0 aromatic heterocycles. The molecule has 66 valence electrons. The van der Waals surface area contributed by atoms with Gasteiger partial charge in [-0.05, 0) is 0 Å². The summed E-state index contributed by atoms with van der Waals surface area (Å²) in [5.74, 6) is -0.287. The summed E-state index contributed by atoms with van der Waals surface area (Å²) in [4.78, 5) is 15.5. The van der Waals surface area contributed by atoms with E-state index in [9.17, 15) is 4.79 Å². The summed E-state index contributed by atoms with van der Waals surface area (Å²) in [6.07, 6.45) is -0.777. The number of nitrogens with two attached hydrogens (primary N) is 1. The van der Waals surface area contributed by atoms with Crippen molar-refractivity contribution in [2.75, 3.05) is 20.7 Å². The number of carbonyl (C=O) groups excluding carboxylic acids is 1. The molecule has 1 amide bonds. The molecular formula is C6H14N2O3. The summed E-state index contributed by atoms with van der Waals surface area (Å²) < 4.78 is 0. The molecule has 0 fully saturated rings. The van der Waals surface area contributed by atoms with Gasteiger partial charge in [-0.25, -0.2) is 5.06 Å². The lowest BCUT2D eigenvalue weighted by Gasteiger charge is -2.15. The third-order valence-electron chi connectivity index (χ3n) is 1.31. The lowest BCUT2D eigenvalue weighted by molar-refractivity contribution is -0.170. The van der Waals surface area contributed by atoms with Crippen molar-refractivity contribution < 1.29 is 14.7 Å². The molecule has 0 aliphatic heterocycles. The van der Waals surface area contributed by atoms with Gasteiger partial charge in [0.25, 0.3) is 0 Å². The summed E-state index contributed by atoms with van der Waals surface area (Å²) >= 11 is 0. The van der Waals surface area contributed by atoms with Crippen molar-refractivity contribution in [3.63, 3.8) is 0 Å². The Hall–Kier alpha value is -0.650. The zero-order valence-electron chi connectivity index (χ0n) is 6.78. The smallest absolute Gasteiger partial charge is 0.248 e. The van der Waals surface area contributed by atoms with Crippen LogP contribution in [-0.2, 0) is 9.63 Å². The van der Waals surface area contributed by atoms with Gasteiger partial charge >= 0.3 is 0 Å². The molecule has 0 aliphatic rings. The van der Waals surface area contributed by atoms with Crippen LogP contribution in [0.2, 0.25) is 0 Å². The van der Waals surface area contributed by atoms with Gasteiger partial charge in [0.1, 0.15) is 0 Å². The Labute approximate surface area is 65.7 Å². The second kappa shape index (κ2) is 5.06. The van der Waals surface area contributed by atoms with E-state index in [1.165, 1.54) is 14.2 Å². The van der Waals surface area contributed by atoms with Crippen molar-refractivity contribution >= 4 is 5.91 Å². The number of amides is 1. The van der Waals surface area contributed by atoms with Crippen LogP contribution >= 0.6 is 0 Å². The molecule has 1 atom stereocenters. The topological polar surface area (TPSA) is 75.8 Å². The monoisotopic (exact) mass is 162 g/mol. The Morgan fingerprint density at radius 3 is 2.73 bits per heavy atom. The van der Waals surface area contributed by atoms with Gasteiger partial charge in [0.15, 0.2) is 0 Å². The largest absolute Gasteiger partial charge is 0.391 e. The lowest BCUT2D eigenvalue weighted by Crippen LogP contribution is -2.31. The maximum Gasteiger partial charge on any atom is 0.248 e. The van der Waals surface area contributed by atoms with Crippen LogP contribution in [0.1, 0.15) is 6.42 Å². The Bertz CT molecular complexity index is 129. The zero-order valence-corrected chi connectivity index (χ0v) is 6.78. The van der Waals surface area contributed by atoms with Crippen LogP contribution in [0.25, 0.3) is 0 Å². The molecule has 5 nitrogen and oxygen atoms in total. The van der Waals surface area contributed by atoms with Gasteiger partial charge < -0.3 is 10.8 Å². The Kier molecular flexibility index (Phi) is 4.76. The highest BCUT2D eigenvalue weighted by molar-refractivity contribution is 5.75. The first-order valence-electron chi connectivity index (χ1n) is 3.30. The molecular weight excluding hydrogens is 148 g/mol. The SMILES string of the molecule is CON(C)C(=O)CC(O)CN. The summed E-state index contributed by atoms with van der Waals surface area (Å²) in [6.45, 7) is 0.0866. The maximum absolute atomic E-state index is 10.9. The highest BCUT2D eigenvalue weighted by Gasteiger charge is 2.12. The van der Waals surface area contributed by atoms with Crippen molar-refractivity contribution in [3.8, 4) is 0 Å². The van der Waals surface area contributed by atoms with E-state index in [2.05, 4.69) is 4.84 Å². The molecule has 0 rings (SSSR count). The van der Waals surface area contributed by atoms with Crippen LogP contribution in [0, 0.1) is 0 Å².